The van der Waals surface area contributed by atoms with E-state index >= 15 is 0 Å². The Kier molecular flexibility index (Phi) is 25.3. The molecule has 1 spiro atoms. The molecule has 3 radical (unpaired) electrons. The molecule has 0 unspecified atom stereocenters. The van der Waals surface area contributed by atoms with Gasteiger partial charge in [-0.2, -0.15) is 0 Å². The minimum Gasteiger partial charge on any atom is -0.696 e. The van der Waals surface area contributed by atoms with Crippen molar-refractivity contribution in [1.82, 2.24) is 0 Å². The maximum atomic E-state index is 10.4. The van der Waals surface area contributed by atoms with Crippen molar-refractivity contribution < 1.29 is 105 Å². The summed E-state index contributed by atoms with van der Waals surface area (Å²) in [6.07, 6.45) is 0. The molecule has 0 atom stereocenters. The second-order valence-electron chi connectivity index (χ2n) is 27.8. The van der Waals surface area contributed by atoms with E-state index in [9.17, 15) is 30.6 Å². The van der Waals surface area contributed by atoms with Gasteiger partial charge in [-0.15, -0.1) is 0 Å². The van der Waals surface area contributed by atoms with Crippen LogP contribution in [-0.4, -0.2) is 134 Å². The zero-order chi connectivity index (χ0) is 74.8. The summed E-state index contributed by atoms with van der Waals surface area (Å²) in [5.74, 6) is 3.75. The molecule has 0 bridgehead atoms. The van der Waals surface area contributed by atoms with Gasteiger partial charge in [0.15, 0.2) is 0 Å². The number of phenols is 6. The van der Waals surface area contributed by atoms with Gasteiger partial charge in [-0.25, -0.2) is 0 Å². The van der Waals surface area contributed by atoms with Crippen LogP contribution in [0, 0.1) is 40.4 Å². The first-order valence-electron chi connectivity index (χ1n) is 36.7. The molecular formula is C100H66AlLiNa3O10Sm. The van der Waals surface area contributed by atoms with Gasteiger partial charge in [0.25, 0.3) is 0 Å². The van der Waals surface area contributed by atoms with Crippen molar-refractivity contribution in [2.45, 2.75) is 0 Å². The summed E-state index contributed by atoms with van der Waals surface area (Å²) >= 11 is -4.44. The van der Waals surface area contributed by atoms with E-state index in [4.69, 9.17) is 15.2 Å². The molecule has 2 heterocycles. The maximum Gasteiger partial charge on any atom is 1.21 e. The Bertz CT molecular complexity index is 6190. The standard InChI is InChI=1S/5C20H14O2.Al.Li.3Na.Sm/c5*21-17-11-9-13-5-1-3-7-15(13)19(17)20-16-8-4-2-6-14(16)10-12-18(20)22;;;;;;/h5*1-12,21-22H;;;;;;/q;;;;;+3;+1;;;;/p-4. The predicted molar refractivity (Wildman–Crippen MR) is 470 cm³/mol. The van der Waals surface area contributed by atoms with Crippen molar-refractivity contribution in [2.24, 2.45) is 0 Å². The second-order valence-corrected chi connectivity index (χ2v) is 29.9. The first kappa shape index (κ1) is 83.0. The van der Waals surface area contributed by atoms with E-state index in [-0.39, 0.29) is 182 Å². The molecule has 539 valence electrons. The molecule has 0 saturated heterocycles. The third-order valence-electron chi connectivity index (χ3n) is 21.3. The molecule has 6 N–H and O–H groups in total. The Labute approximate surface area is 783 Å². The molecule has 0 aromatic heterocycles. The minimum absolute atomic E-state index is 0. The zero-order valence-corrected chi connectivity index (χ0v) is 73.7. The molecule has 22 rings (SSSR count). The predicted octanol–water partition coefficient (Wildman–Crippen LogP) is 21.4. The zero-order valence-electron chi connectivity index (χ0n) is 63.9. The number of fused-ring (bicyclic) bond motifs is 20. The van der Waals surface area contributed by atoms with E-state index in [1.807, 2.05) is 206 Å². The SMILES string of the molecule is Oc1ccc2ccccc2c1-c1c(O)ccc2ccccc12.Oc1ccc2ccccc2c1-c1c(O)ccc2ccccc12.Oc1ccc2ccccc2c1-c1c(O)ccc2ccccc12.[Li+].[Na].[Na].[Na].[Sm].c1ccc2c3c(ccc2c1)[O][Al-]1([O]c2ccc4ccccc4c2-3)[O]c2ccc3ccccc3c2-c2c(ccc3ccccc23)[O]1. The fourth-order valence-corrected chi connectivity index (χ4v) is 18.7. The summed E-state index contributed by atoms with van der Waals surface area (Å²) in [5, 5.41) is 83.2. The Hall–Kier alpha value is -9.53. The first-order valence-corrected chi connectivity index (χ1v) is 38.6. The molecule has 20 aromatic rings. The van der Waals surface area contributed by atoms with Crippen molar-refractivity contribution in [3.63, 3.8) is 0 Å². The van der Waals surface area contributed by atoms with E-state index in [0.29, 0.717) is 56.4 Å². The smallest absolute Gasteiger partial charge is 0.696 e. The van der Waals surface area contributed by atoms with Crippen molar-refractivity contribution in [3.8, 4) is 113 Å². The molecule has 10 nitrogen and oxygen atoms in total. The van der Waals surface area contributed by atoms with E-state index in [1.54, 1.807) is 36.4 Å². The monoisotopic (exact) mass is 1680 g/mol. The van der Waals surface area contributed by atoms with Gasteiger partial charge in [-0.1, -0.05) is 303 Å². The molecule has 0 fully saturated rings. The number of hydrogen-bond acceptors (Lipinski definition) is 10. The number of rotatable bonds is 3. The molecule has 2 aliphatic heterocycles. The number of phenolic OH excluding ortho intramolecular Hbond substituents is 6. The van der Waals surface area contributed by atoms with Gasteiger partial charge < -0.3 is 45.8 Å². The van der Waals surface area contributed by atoms with Gasteiger partial charge in [0.1, 0.15) is 34.5 Å². The molecule has 0 amide bonds. The average Bonchev–Trinajstić information content (AvgIpc) is 1.56. The van der Waals surface area contributed by atoms with Crippen LogP contribution >= 0.6 is 0 Å². The van der Waals surface area contributed by atoms with Crippen LogP contribution in [0.5, 0.6) is 57.5 Å². The quantitative estimate of drug-likeness (QED) is 0.0941. The fraction of sp³-hybridized carbons (Fsp3) is 0. The molecule has 116 heavy (non-hydrogen) atoms. The van der Waals surface area contributed by atoms with Crippen LogP contribution in [0.4, 0.5) is 0 Å². The van der Waals surface area contributed by atoms with E-state index in [0.717, 1.165) is 130 Å². The van der Waals surface area contributed by atoms with Crippen LogP contribution in [0.3, 0.4) is 0 Å². The Morgan fingerprint density at radius 1 is 0.155 bits per heavy atom. The normalized spacial score (nSPS) is 11.8. The molecule has 0 aliphatic carbocycles. The maximum absolute atomic E-state index is 10.4. The Morgan fingerprint density at radius 3 is 0.422 bits per heavy atom. The van der Waals surface area contributed by atoms with Crippen LogP contribution in [0.15, 0.2) is 364 Å². The number of hydrogen-bond donors (Lipinski definition) is 6. The Balaban J connectivity index is 0.000000134. The van der Waals surface area contributed by atoms with Crippen molar-refractivity contribution in [2.75, 3.05) is 0 Å². The van der Waals surface area contributed by atoms with Gasteiger partial charge in [0, 0.05) is 185 Å². The van der Waals surface area contributed by atoms with Gasteiger partial charge in [-0.05, 0) is 168 Å². The van der Waals surface area contributed by atoms with Crippen molar-refractivity contribution >= 4 is 211 Å². The first-order chi connectivity index (χ1) is 54.5. The van der Waals surface area contributed by atoms with Gasteiger partial charge in [0.2, 0.25) is 0 Å². The molecular weight excluding hydrogens is 1610 g/mol. The van der Waals surface area contributed by atoms with Crippen LogP contribution in [-0.2, 0) is 0 Å². The topological polar surface area (TPSA) is 158 Å². The molecule has 16 heteroatoms. The second kappa shape index (κ2) is 35.3. The van der Waals surface area contributed by atoms with Crippen molar-refractivity contribution in [1.29, 1.82) is 0 Å². The van der Waals surface area contributed by atoms with Crippen LogP contribution < -0.4 is 34.0 Å². The van der Waals surface area contributed by atoms with E-state index in [2.05, 4.69) is 121 Å². The van der Waals surface area contributed by atoms with Crippen molar-refractivity contribution in [3.05, 3.63) is 364 Å². The van der Waals surface area contributed by atoms with E-state index in [1.165, 1.54) is 0 Å². The summed E-state index contributed by atoms with van der Waals surface area (Å²) in [6.45, 7) is 0. The summed E-state index contributed by atoms with van der Waals surface area (Å²) in [4.78, 5) is 0. The van der Waals surface area contributed by atoms with Gasteiger partial charge in [-0.3, -0.25) is 0 Å². The summed E-state index contributed by atoms with van der Waals surface area (Å²) in [7, 11) is 0. The molecule has 2 aliphatic rings. The number of aromatic hydroxyl groups is 6. The van der Waals surface area contributed by atoms with Crippen LogP contribution in [0.25, 0.3) is 163 Å². The third kappa shape index (κ3) is 15.3. The average molecular weight is 1680 g/mol. The van der Waals surface area contributed by atoms with E-state index < -0.39 is 14.4 Å². The largest absolute Gasteiger partial charge is 1.21 e. The minimum atomic E-state index is -4.44. The van der Waals surface area contributed by atoms with Crippen LogP contribution in [0.2, 0.25) is 0 Å². The number of benzene rings is 20. The van der Waals surface area contributed by atoms with Gasteiger partial charge >= 0.3 is 33.3 Å². The summed E-state index contributed by atoms with van der Waals surface area (Å²) in [5.41, 5.74) is 7.95. The summed E-state index contributed by atoms with van der Waals surface area (Å²) in [6, 6.07) is 119. The third-order valence-corrected chi connectivity index (χ3v) is 23.5. The molecule has 20 aromatic carbocycles. The summed E-state index contributed by atoms with van der Waals surface area (Å²) < 4.78 is 28.2. The Morgan fingerprint density at radius 2 is 0.276 bits per heavy atom. The van der Waals surface area contributed by atoms with Gasteiger partial charge in [0.05, 0.1) is 23.0 Å². The molecule has 0 saturated carbocycles. The fourth-order valence-electron chi connectivity index (χ4n) is 16.3. The van der Waals surface area contributed by atoms with Crippen LogP contribution in [0.1, 0.15) is 0 Å².